The summed E-state index contributed by atoms with van der Waals surface area (Å²) in [5, 5.41) is 0. The number of nitrogens with zero attached hydrogens (tertiary/aromatic N) is 1. The van der Waals surface area contributed by atoms with Crippen molar-refractivity contribution in [1.82, 2.24) is 0 Å². The Bertz CT molecular complexity index is 1170. The monoisotopic (exact) mass is 401 g/mol. The zero-order valence-electron chi connectivity index (χ0n) is 18.1. The molecule has 0 aliphatic rings. The third kappa shape index (κ3) is 5.02. The van der Waals surface area contributed by atoms with Gasteiger partial charge < -0.3 is 4.90 Å². The second-order valence-electron chi connectivity index (χ2n) is 7.62. The third-order valence-corrected chi connectivity index (χ3v) is 5.29. The van der Waals surface area contributed by atoms with E-state index in [1.165, 1.54) is 28.0 Å². The number of allylic oxidation sites excluding steroid dienone is 2. The Morgan fingerprint density at radius 1 is 0.548 bits per heavy atom. The molecule has 0 amide bonds. The van der Waals surface area contributed by atoms with Crippen LogP contribution in [0.15, 0.2) is 121 Å². The lowest BCUT2D eigenvalue weighted by Gasteiger charge is -2.28. The summed E-state index contributed by atoms with van der Waals surface area (Å²) in [6, 6.07) is 40.2. The predicted molar refractivity (Wildman–Crippen MR) is 135 cm³/mol. The van der Waals surface area contributed by atoms with Gasteiger partial charge in [0, 0.05) is 16.9 Å². The molecule has 0 heterocycles. The van der Waals surface area contributed by atoms with Gasteiger partial charge in [-0.3, -0.25) is 0 Å². The van der Waals surface area contributed by atoms with Gasteiger partial charge in [0.05, 0.1) is 5.69 Å². The number of rotatable bonds is 6. The van der Waals surface area contributed by atoms with E-state index in [4.69, 9.17) is 0 Å². The molecule has 1 heteroatoms. The van der Waals surface area contributed by atoms with E-state index in [0.717, 1.165) is 11.4 Å². The van der Waals surface area contributed by atoms with Crippen LogP contribution in [0.5, 0.6) is 0 Å². The van der Waals surface area contributed by atoms with E-state index in [1.54, 1.807) is 0 Å². The Labute approximate surface area is 185 Å². The molecule has 0 aliphatic heterocycles. The lowest BCUT2D eigenvalue weighted by atomic mass is 10.0. The van der Waals surface area contributed by atoms with Gasteiger partial charge in [0.25, 0.3) is 0 Å². The molecule has 0 atom stereocenters. The third-order valence-electron chi connectivity index (χ3n) is 5.29. The standard InChI is InChI=1S/C30H27N/c1-24(22-26-14-6-3-7-15-26)29-20-12-13-21-30(29)31(28-18-10-5-11-19-28)25(2)23-27-16-8-4-9-17-27/h3-23H,1-2H3/b24-22-,25-23+. The van der Waals surface area contributed by atoms with Gasteiger partial charge in [-0.2, -0.15) is 0 Å². The number of benzene rings is 4. The van der Waals surface area contributed by atoms with Gasteiger partial charge >= 0.3 is 0 Å². The van der Waals surface area contributed by atoms with E-state index in [2.05, 4.69) is 146 Å². The minimum atomic E-state index is 1.15. The molecule has 1 nitrogen and oxygen atoms in total. The van der Waals surface area contributed by atoms with Gasteiger partial charge in [-0.25, -0.2) is 0 Å². The highest BCUT2D eigenvalue weighted by atomic mass is 15.1. The topological polar surface area (TPSA) is 3.24 Å². The van der Waals surface area contributed by atoms with Crippen molar-refractivity contribution in [3.05, 3.63) is 138 Å². The van der Waals surface area contributed by atoms with Gasteiger partial charge in [-0.15, -0.1) is 0 Å². The first kappa shape index (κ1) is 20.4. The van der Waals surface area contributed by atoms with Crippen molar-refractivity contribution in [2.24, 2.45) is 0 Å². The Morgan fingerprint density at radius 3 is 1.65 bits per heavy atom. The lowest BCUT2D eigenvalue weighted by Crippen LogP contribution is -2.15. The minimum absolute atomic E-state index is 1.15. The molecule has 31 heavy (non-hydrogen) atoms. The van der Waals surface area contributed by atoms with Crippen LogP contribution in [0.1, 0.15) is 30.5 Å². The second kappa shape index (κ2) is 9.77. The fourth-order valence-electron chi connectivity index (χ4n) is 3.84. The van der Waals surface area contributed by atoms with Crippen molar-refractivity contribution in [2.45, 2.75) is 13.8 Å². The molecule has 0 radical (unpaired) electrons. The van der Waals surface area contributed by atoms with Crippen molar-refractivity contribution in [1.29, 1.82) is 0 Å². The Balaban J connectivity index is 1.83. The van der Waals surface area contributed by atoms with Crippen LogP contribution in [0.25, 0.3) is 17.7 Å². The summed E-state index contributed by atoms with van der Waals surface area (Å²) in [7, 11) is 0. The predicted octanol–water partition coefficient (Wildman–Crippen LogP) is 8.45. The molecule has 0 fully saturated rings. The molecule has 0 N–H and O–H groups in total. The minimum Gasteiger partial charge on any atom is -0.314 e. The van der Waals surface area contributed by atoms with Crippen LogP contribution >= 0.6 is 0 Å². The van der Waals surface area contributed by atoms with Crippen molar-refractivity contribution in [3.63, 3.8) is 0 Å². The highest BCUT2D eigenvalue weighted by molar-refractivity contribution is 5.89. The summed E-state index contributed by atoms with van der Waals surface area (Å²) in [6.07, 6.45) is 4.48. The average molecular weight is 402 g/mol. The molecular weight excluding hydrogens is 374 g/mol. The molecule has 0 saturated carbocycles. The van der Waals surface area contributed by atoms with Crippen molar-refractivity contribution >= 4 is 29.1 Å². The smallest absolute Gasteiger partial charge is 0.0533 e. The van der Waals surface area contributed by atoms with Gasteiger partial charge in [0.15, 0.2) is 0 Å². The Morgan fingerprint density at radius 2 is 1.03 bits per heavy atom. The summed E-state index contributed by atoms with van der Waals surface area (Å²) in [6.45, 7) is 4.36. The first-order valence-corrected chi connectivity index (χ1v) is 10.6. The van der Waals surface area contributed by atoms with Crippen LogP contribution in [0.4, 0.5) is 11.4 Å². The van der Waals surface area contributed by atoms with Crippen LogP contribution in [0.3, 0.4) is 0 Å². The maximum Gasteiger partial charge on any atom is 0.0533 e. The van der Waals surface area contributed by atoms with Gasteiger partial charge in [0.1, 0.15) is 0 Å². The molecular formula is C30H27N. The second-order valence-corrected chi connectivity index (χ2v) is 7.62. The molecule has 4 aromatic carbocycles. The van der Waals surface area contributed by atoms with Crippen LogP contribution < -0.4 is 4.90 Å². The fraction of sp³-hybridized carbons (Fsp3) is 0.0667. The molecule has 0 aromatic heterocycles. The zero-order valence-corrected chi connectivity index (χ0v) is 18.1. The summed E-state index contributed by atoms with van der Waals surface area (Å²) >= 11 is 0. The lowest BCUT2D eigenvalue weighted by molar-refractivity contribution is 1.16. The van der Waals surface area contributed by atoms with Gasteiger partial charge in [-0.05, 0) is 54.8 Å². The van der Waals surface area contributed by atoms with E-state index in [0.29, 0.717) is 0 Å². The van der Waals surface area contributed by atoms with Gasteiger partial charge in [-0.1, -0.05) is 103 Å². The number of hydrogen-bond acceptors (Lipinski definition) is 1. The fourth-order valence-corrected chi connectivity index (χ4v) is 3.84. The van der Waals surface area contributed by atoms with E-state index in [-0.39, 0.29) is 0 Å². The summed E-state index contributed by atoms with van der Waals surface area (Å²) in [5.41, 5.74) is 8.33. The van der Waals surface area contributed by atoms with E-state index < -0.39 is 0 Å². The summed E-state index contributed by atoms with van der Waals surface area (Å²) in [5.74, 6) is 0. The van der Waals surface area contributed by atoms with Crippen LogP contribution in [0.2, 0.25) is 0 Å². The maximum atomic E-state index is 2.34. The highest BCUT2D eigenvalue weighted by Gasteiger charge is 2.16. The van der Waals surface area contributed by atoms with Crippen LogP contribution in [-0.2, 0) is 0 Å². The van der Waals surface area contributed by atoms with E-state index in [9.17, 15) is 0 Å². The largest absolute Gasteiger partial charge is 0.314 e. The van der Waals surface area contributed by atoms with Crippen LogP contribution in [0, 0.1) is 0 Å². The molecule has 0 unspecified atom stereocenters. The molecule has 0 spiro atoms. The first-order chi connectivity index (χ1) is 15.2. The van der Waals surface area contributed by atoms with E-state index >= 15 is 0 Å². The molecule has 4 aromatic rings. The van der Waals surface area contributed by atoms with Gasteiger partial charge in [0.2, 0.25) is 0 Å². The number of anilines is 2. The van der Waals surface area contributed by atoms with Crippen molar-refractivity contribution in [3.8, 4) is 0 Å². The molecule has 0 saturated heterocycles. The van der Waals surface area contributed by atoms with E-state index in [1.807, 2.05) is 0 Å². The maximum absolute atomic E-state index is 2.34. The molecule has 4 rings (SSSR count). The summed E-state index contributed by atoms with van der Waals surface area (Å²) < 4.78 is 0. The molecule has 0 aliphatic carbocycles. The molecule has 0 bridgehead atoms. The Hall–Kier alpha value is -3.84. The normalized spacial score (nSPS) is 11.9. The van der Waals surface area contributed by atoms with Crippen LogP contribution in [-0.4, -0.2) is 0 Å². The number of hydrogen-bond donors (Lipinski definition) is 0. The van der Waals surface area contributed by atoms with Crippen molar-refractivity contribution in [2.75, 3.05) is 4.90 Å². The zero-order chi connectivity index (χ0) is 21.5. The summed E-state index contributed by atoms with van der Waals surface area (Å²) in [4.78, 5) is 2.34. The quantitative estimate of drug-likeness (QED) is 0.293. The number of para-hydroxylation sites is 2. The molecule has 152 valence electrons. The van der Waals surface area contributed by atoms with Crippen molar-refractivity contribution < 1.29 is 0 Å². The average Bonchev–Trinajstić information content (AvgIpc) is 2.81. The SMILES string of the molecule is C/C(=C/c1ccccc1)c1ccccc1N(/C(C)=C/c1ccccc1)c1ccccc1. The Kier molecular flexibility index (Phi) is 6.44. The highest BCUT2D eigenvalue weighted by Crippen LogP contribution is 2.36. The first-order valence-electron chi connectivity index (χ1n) is 10.6.